The van der Waals surface area contributed by atoms with Crippen LogP contribution in [0.1, 0.15) is 43.9 Å². The van der Waals surface area contributed by atoms with Gasteiger partial charge in [0, 0.05) is 36.2 Å². The van der Waals surface area contributed by atoms with E-state index in [4.69, 9.17) is 9.47 Å². The predicted molar refractivity (Wildman–Crippen MR) is 171 cm³/mol. The van der Waals surface area contributed by atoms with Gasteiger partial charge in [-0.2, -0.15) is 0 Å². The topological polar surface area (TPSA) is 99.6 Å². The van der Waals surface area contributed by atoms with Gasteiger partial charge in [-0.1, -0.05) is 67.6 Å². The summed E-state index contributed by atoms with van der Waals surface area (Å²) >= 11 is 0. The summed E-state index contributed by atoms with van der Waals surface area (Å²) in [7, 11) is 0. The zero-order valence-electron chi connectivity index (χ0n) is 26.4. The average Bonchev–Trinajstić information content (AvgIpc) is 3.67. The first-order chi connectivity index (χ1) is 22.0. The number of anilines is 2. The van der Waals surface area contributed by atoms with Gasteiger partial charge < -0.3 is 24.4 Å². The molecular weight excluding hydrogens is 589 g/mol. The number of alkyl halides is 1. The van der Waals surface area contributed by atoms with Crippen molar-refractivity contribution in [2.24, 2.45) is 11.8 Å². The highest BCUT2D eigenvalue weighted by molar-refractivity contribution is 6.07. The van der Waals surface area contributed by atoms with Gasteiger partial charge in [-0.05, 0) is 43.2 Å². The largest absolute Gasteiger partial charge is 0.447 e. The molecule has 3 amide bonds. The maximum Gasteiger partial charge on any atom is 0.414 e. The first-order valence-electron chi connectivity index (χ1n) is 15.8. The summed E-state index contributed by atoms with van der Waals surface area (Å²) < 4.78 is 27.9. The maximum atomic E-state index is 16.1. The van der Waals surface area contributed by atoms with Crippen molar-refractivity contribution in [3.8, 4) is 0 Å². The standard InChI is InChI=1S/C36H40FN3O6/c1-24-32(35(2,3)37)30(21-31(42)38(17-19-41)22-25-9-5-4-6-10-25)46-36(24)28-11-7-8-12-29(28)40(33(36)43)23-26-13-15-27(16-14-26)39-18-20-45-34(39)44/h4-16,24,30,32,41H,17-23H2,1-3H3/t24-,30+,32-,36+/m1/s1. The fourth-order valence-corrected chi connectivity index (χ4v) is 7.47. The molecule has 3 heterocycles. The quantitative estimate of drug-likeness (QED) is 0.331. The number of aliphatic hydroxyl groups excluding tert-OH is 1. The van der Waals surface area contributed by atoms with Gasteiger partial charge in [0.25, 0.3) is 5.91 Å². The molecule has 0 radical (unpaired) electrons. The number of fused-ring (bicyclic) bond motifs is 2. The second kappa shape index (κ2) is 12.5. The summed E-state index contributed by atoms with van der Waals surface area (Å²) in [5.74, 6) is -1.93. The van der Waals surface area contributed by atoms with Crippen molar-refractivity contribution in [2.75, 3.05) is 36.1 Å². The van der Waals surface area contributed by atoms with Crippen molar-refractivity contribution in [3.63, 3.8) is 0 Å². The second-order valence-corrected chi connectivity index (χ2v) is 12.8. The summed E-state index contributed by atoms with van der Waals surface area (Å²) in [5, 5.41) is 9.73. The van der Waals surface area contributed by atoms with Gasteiger partial charge in [0.2, 0.25) is 5.91 Å². The minimum absolute atomic E-state index is 0.123. The molecule has 0 aromatic heterocycles. The molecule has 9 nitrogen and oxygen atoms in total. The van der Waals surface area contributed by atoms with Crippen LogP contribution in [0.4, 0.5) is 20.6 Å². The highest BCUT2D eigenvalue weighted by Crippen LogP contribution is 2.58. The lowest BCUT2D eigenvalue weighted by molar-refractivity contribution is -0.150. The van der Waals surface area contributed by atoms with Crippen LogP contribution >= 0.6 is 0 Å². The number of carbonyl (C=O) groups excluding carboxylic acids is 3. The normalized spacial score (nSPS) is 24.1. The van der Waals surface area contributed by atoms with Gasteiger partial charge in [0.05, 0.1) is 37.9 Å². The molecule has 46 heavy (non-hydrogen) atoms. The summed E-state index contributed by atoms with van der Waals surface area (Å²) in [6.45, 7) is 6.06. The van der Waals surface area contributed by atoms with E-state index in [1.807, 2.05) is 85.8 Å². The van der Waals surface area contributed by atoms with Gasteiger partial charge in [-0.3, -0.25) is 14.5 Å². The molecule has 0 saturated carbocycles. The number of ether oxygens (including phenoxy) is 2. The van der Waals surface area contributed by atoms with E-state index in [0.29, 0.717) is 36.6 Å². The van der Waals surface area contributed by atoms with Crippen LogP contribution in [0.5, 0.6) is 0 Å². The molecule has 4 atom stereocenters. The molecule has 0 unspecified atom stereocenters. The third-order valence-corrected chi connectivity index (χ3v) is 9.53. The van der Waals surface area contributed by atoms with Crippen LogP contribution in [-0.2, 0) is 37.8 Å². The van der Waals surface area contributed by atoms with E-state index in [9.17, 15) is 19.5 Å². The molecule has 3 aromatic rings. The monoisotopic (exact) mass is 629 g/mol. The Morgan fingerprint density at radius 2 is 1.72 bits per heavy atom. The van der Waals surface area contributed by atoms with Crippen molar-refractivity contribution in [3.05, 3.63) is 95.6 Å². The van der Waals surface area contributed by atoms with E-state index < -0.39 is 29.2 Å². The number of nitrogens with zero attached hydrogens (tertiary/aromatic N) is 3. The fraction of sp³-hybridized carbons (Fsp3) is 0.417. The van der Waals surface area contributed by atoms with Crippen molar-refractivity contribution < 1.29 is 33.4 Å². The van der Waals surface area contributed by atoms with Crippen LogP contribution < -0.4 is 9.80 Å². The van der Waals surface area contributed by atoms with Crippen LogP contribution in [-0.4, -0.2) is 66.0 Å². The number of hydrogen-bond donors (Lipinski definition) is 1. The number of amides is 3. The minimum Gasteiger partial charge on any atom is -0.447 e. The van der Waals surface area contributed by atoms with Gasteiger partial charge >= 0.3 is 6.09 Å². The molecule has 242 valence electrons. The molecule has 1 N–H and O–H groups in total. The Hall–Kier alpha value is -4.28. The van der Waals surface area contributed by atoms with E-state index in [1.54, 1.807) is 14.7 Å². The van der Waals surface area contributed by atoms with Crippen LogP contribution in [0.15, 0.2) is 78.9 Å². The third-order valence-electron chi connectivity index (χ3n) is 9.53. The van der Waals surface area contributed by atoms with E-state index >= 15 is 4.39 Å². The number of aliphatic hydroxyl groups is 1. The summed E-state index contributed by atoms with van der Waals surface area (Å²) in [6.07, 6.45) is -1.40. The molecule has 2 fully saturated rings. The highest BCUT2D eigenvalue weighted by atomic mass is 19.1. The Labute approximate surface area is 268 Å². The number of benzene rings is 3. The van der Waals surface area contributed by atoms with E-state index in [-0.39, 0.29) is 44.0 Å². The van der Waals surface area contributed by atoms with Gasteiger partial charge in [0.15, 0.2) is 5.60 Å². The number of hydrogen-bond acceptors (Lipinski definition) is 6. The highest BCUT2D eigenvalue weighted by Gasteiger charge is 2.66. The van der Waals surface area contributed by atoms with Gasteiger partial charge in [-0.25, -0.2) is 9.18 Å². The molecule has 3 aliphatic heterocycles. The van der Waals surface area contributed by atoms with Gasteiger partial charge in [-0.15, -0.1) is 0 Å². The average molecular weight is 630 g/mol. The van der Waals surface area contributed by atoms with Crippen LogP contribution in [0, 0.1) is 11.8 Å². The summed E-state index contributed by atoms with van der Waals surface area (Å²) in [6, 6.07) is 24.3. The number of halogens is 1. The molecule has 2 saturated heterocycles. The number of para-hydroxylation sites is 1. The van der Waals surface area contributed by atoms with Crippen LogP contribution in [0.25, 0.3) is 0 Å². The van der Waals surface area contributed by atoms with Gasteiger partial charge in [0.1, 0.15) is 12.3 Å². The van der Waals surface area contributed by atoms with Crippen molar-refractivity contribution in [1.82, 2.24) is 4.90 Å². The summed E-state index contributed by atoms with van der Waals surface area (Å²) in [4.78, 5) is 45.1. The lowest BCUT2D eigenvalue weighted by atomic mass is 9.71. The fourth-order valence-electron chi connectivity index (χ4n) is 7.47. The maximum absolute atomic E-state index is 16.1. The molecule has 10 heteroatoms. The summed E-state index contributed by atoms with van der Waals surface area (Å²) in [5.41, 5.74) is 0.571. The molecule has 0 bridgehead atoms. The third kappa shape index (κ3) is 5.64. The molecule has 3 aromatic carbocycles. The Bertz CT molecular complexity index is 1590. The molecule has 1 spiro atoms. The Morgan fingerprint density at radius 3 is 2.37 bits per heavy atom. The lowest BCUT2D eigenvalue weighted by Crippen LogP contribution is -2.45. The predicted octanol–water partition coefficient (Wildman–Crippen LogP) is 5.20. The molecular formula is C36H40FN3O6. The SMILES string of the molecule is C[C@@H]1[C@@H](C(C)(C)F)[C@H](CC(=O)N(CCO)Cc2ccccc2)O[C@@]12C(=O)N(Cc1ccc(N3CCOC3=O)cc1)c1ccccc12. The first kappa shape index (κ1) is 31.7. The van der Waals surface area contributed by atoms with Crippen LogP contribution in [0.3, 0.4) is 0 Å². The Balaban J connectivity index is 1.28. The first-order valence-corrected chi connectivity index (χ1v) is 15.8. The zero-order chi connectivity index (χ0) is 32.6. The molecule has 3 aliphatic rings. The van der Waals surface area contributed by atoms with E-state index in [2.05, 4.69) is 0 Å². The van der Waals surface area contributed by atoms with Crippen molar-refractivity contribution >= 4 is 29.3 Å². The van der Waals surface area contributed by atoms with E-state index in [1.165, 1.54) is 13.8 Å². The van der Waals surface area contributed by atoms with Crippen molar-refractivity contribution in [2.45, 2.75) is 57.7 Å². The minimum atomic E-state index is -1.76. The van der Waals surface area contributed by atoms with E-state index in [0.717, 1.165) is 11.1 Å². The number of rotatable bonds is 10. The lowest BCUT2D eigenvalue weighted by Gasteiger charge is -2.32. The second-order valence-electron chi connectivity index (χ2n) is 12.8. The Morgan fingerprint density at radius 1 is 1.02 bits per heavy atom. The smallest absolute Gasteiger partial charge is 0.414 e. The number of carbonyl (C=O) groups is 3. The van der Waals surface area contributed by atoms with Crippen LogP contribution in [0.2, 0.25) is 0 Å². The zero-order valence-corrected chi connectivity index (χ0v) is 26.4. The molecule has 0 aliphatic carbocycles. The van der Waals surface area contributed by atoms with Crippen molar-refractivity contribution in [1.29, 1.82) is 0 Å². The number of cyclic esters (lactones) is 1. The Kier molecular flexibility index (Phi) is 8.60. The molecule has 6 rings (SSSR count).